The van der Waals surface area contributed by atoms with E-state index in [4.69, 9.17) is 25.8 Å². The Morgan fingerprint density at radius 1 is 1.09 bits per heavy atom. The molecule has 0 radical (unpaired) electrons. The number of sulfonamides is 1. The van der Waals surface area contributed by atoms with Crippen LogP contribution in [0.4, 0.5) is 0 Å². The standard InChI is InChI=1S/C22H25ClN2O6S/c1-2-24(15-16-4-3-5-20-21(16)31-13-12-30-20)22(26)18-14-17(6-7-19(18)23)32(27,28)25-8-10-29-11-9-25/h3-7,14H,2,8-13,15H2,1H3. The van der Waals surface area contributed by atoms with Crippen LogP contribution in [0, 0.1) is 0 Å². The van der Waals surface area contributed by atoms with Crippen molar-refractivity contribution in [1.82, 2.24) is 9.21 Å². The van der Waals surface area contributed by atoms with Crippen molar-refractivity contribution in [1.29, 1.82) is 0 Å². The van der Waals surface area contributed by atoms with Crippen LogP contribution in [-0.2, 0) is 21.3 Å². The third kappa shape index (κ3) is 4.56. The number of halogens is 1. The van der Waals surface area contributed by atoms with Crippen molar-refractivity contribution in [3.05, 3.63) is 52.5 Å². The number of benzene rings is 2. The van der Waals surface area contributed by atoms with Gasteiger partial charge in [0.05, 0.1) is 28.7 Å². The van der Waals surface area contributed by atoms with E-state index >= 15 is 0 Å². The van der Waals surface area contributed by atoms with E-state index in [1.165, 1.54) is 22.5 Å². The fourth-order valence-electron chi connectivity index (χ4n) is 3.73. The van der Waals surface area contributed by atoms with E-state index in [1.54, 1.807) is 4.90 Å². The highest BCUT2D eigenvalue weighted by Crippen LogP contribution is 2.35. The molecule has 2 aliphatic rings. The summed E-state index contributed by atoms with van der Waals surface area (Å²) in [5.74, 6) is 0.916. The summed E-state index contributed by atoms with van der Waals surface area (Å²) in [6, 6.07) is 9.80. The molecule has 10 heteroatoms. The number of amides is 1. The Labute approximate surface area is 192 Å². The number of hydrogen-bond acceptors (Lipinski definition) is 6. The first-order chi connectivity index (χ1) is 15.4. The molecule has 0 bridgehead atoms. The van der Waals surface area contributed by atoms with E-state index in [0.717, 1.165) is 5.56 Å². The molecule has 1 saturated heterocycles. The summed E-state index contributed by atoms with van der Waals surface area (Å²) in [5, 5.41) is 0.198. The molecule has 1 fully saturated rings. The summed E-state index contributed by atoms with van der Waals surface area (Å²) in [5.41, 5.74) is 0.954. The minimum atomic E-state index is -3.75. The van der Waals surface area contributed by atoms with Crippen LogP contribution < -0.4 is 9.47 Å². The Bertz CT molecular complexity index is 1100. The topological polar surface area (TPSA) is 85.4 Å². The van der Waals surface area contributed by atoms with Gasteiger partial charge in [0.2, 0.25) is 10.0 Å². The van der Waals surface area contributed by atoms with Gasteiger partial charge in [-0.25, -0.2) is 8.42 Å². The number of para-hydroxylation sites is 1. The quantitative estimate of drug-likeness (QED) is 0.632. The van der Waals surface area contributed by atoms with Gasteiger partial charge in [-0.2, -0.15) is 4.31 Å². The molecule has 2 aromatic rings. The van der Waals surface area contributed by atoms with Gasteiger partial charge in [-0.3, -0.25) is 4.79 Å². The first-order valence-corrected chi connectivity index (χ1v) is 12.3. The number of rotatable bonds is 6. The van der Waals surface area contributed by atoms with E-state index in [-0.39, 0.29) is 41.0 Å². The molecule has 0 aromatic heterocycles. The minimum Gasteiger partial charge on any atom is -0.486 e. The molecule has 4 rings (SSSR count). The number of hydrogen-bond donors (Lipinski definition) is 0. The summed E-state index contributed by atoms with van der Waals surface area (Å²) < 4.78 is 44.1. The highest BCUT2D eigenvalue weighted by atomic mass is 35.5. The molecule has 8 nitrogen and oxygen atoms in total. The van der Waals surface area contributed by atoms with E-state index < -0.39 is 10.0 Å². The van der Waals surface area contributed by atoms with Gasteiger partial charge in [0, 0.05) is 31.7 Å². The molecule has 1 amide bonds. The van der Waals surface area contributed by atoms with Crippen LogP contribution in [0.1, 0.15) is 22.8 Å². The van der Waals surface area contributed by atoms with Crippen LogP contribution in [0.5, 0.6) is 11.5 Å². The fourth-order valence-corrected chi connectivity index (χ4v) is 5.36. The van der Waals surface area contributed by atoms with Crippen molar-refractivity contribution in [2.24, 2.45) is 0 Å². The predicted molar refractivity (Wildman–Crippen MR) is 119 cm³/mol. The van der Waals surface area contributed by atoms with Crippen LogP contribution in [0.2, 0.25) is 5.02 Å². The second-order valence-corrected chi connectivity index (χ2v) is 9.76. The Morgan fingerprint density at radius 2 is 1.84 bits per heavy atom. The number of morpholine rings is 1. The monoisotopic (exact) mass is 480 g/mol. The van der Waals surface area contributed by atoms with Gasteiger partial charge in [-0.05, 0) is 31.2 Å². The zero-order valence-corrected chi connectivity index (χ0v) is 19.3. The molecule has 0 saturated carbocycles. The zero-order chi connectivity index (χ0) is 22.7. The van der Waals surface area contributed by atoms with E-state index in [9.17, 15) is 13.2 Å². The number of ether oxygens (including phenoxy) is 3. The second-order valence-electron chi connectivity index (χ2n) is 7.42. The number of nitrogens with zero attached hydrogens (tertiary/aromatic N) is 2. The molecular formula is C22H25ClN2O6S. The molecular weight excluding hydrogens is 456 g/mol. The van der Waals surface area contributed by atoms with Crippen LogP contribution in [0.15, 0.2) is 41.3 Å². The highest BCUT2D eigenvalue weighted by Gasteiger charge is 2.29. The molecule has 0 spiro atoms. The molecule has 0 aliphatic carbocycles. The normalized spacial score (nSPS) is 16.6. The molecule has 32 heavy (non-hydrogen) atoms. The maximum absolute atomic E-state index is 13.4. The largest absolute Gasteiger partial charge is 0.486 e. The molecule has 172 valence electrons. The van der Waals surface area contributed by atoms with Crippen LogP contribution in [0.25, 0.3) is 0 Å². The average Bonchev–Trinajstić information content (AvgIpc) is 2.83. The first kappa shape index (κ1) is 22.8. The summed E-state index contributed by atoms with van der Waals surface area (Å²) in [4.78, 5) is 15.0. The molecule has 0 unspecified atom stereocenters. The summed E-state index contributed by atoms with van der Waals surface area (Å²) in [6.07, 6.45) is 0. The van der Waals surface area contributed by atoms with Gasteiger partial charge in [-0.1, -0.05) is 23.7 Å². The number of fused-ring (bicyclic) bond motifs is 1. The maximum atomic E-state index is 13.4. The lowest BCUT2D eigenvalue weighted by Crippen LogP contribution is -2.40. The molecule has 0 atom stereocenters. The van der Waals surface area contributed by atoms with E-state index in [1.807, 2.05) is 25.1 Å². The number of carbonyl (C=O) groups excluding carboxylic acids is 1. The van der Waals surface area contributed by atoms with Gasteiger partial charge in [0.1, 0.15) is 13.2 Å². The van der Waals surface area contributed by atoms with Crippen molar-refractivity contribution >= 4 is 27.5 Å². The Balaban J connectivity index is 1.61. The predicted octanol–water partition coefficient (Wildman–Crippen LogP) is 2.79. The Kier molecular flexibility index (Phi) is 6.90. The van der Waals surface area contributed by atoms with Crippen molar-refractivity contribution in [3.63, 3.8) is 0 Å². The summed E-state index contributed by atoms with van der Waals surface area (Å²) in [7, 11) is -3.75. The Morgan fingerprint density at radius 3 is 2.59 bits per heavy atom. The number of carbonyl (C=O) groups is 1. The van der Waals surface area contributed by atoms with E-state index in [0.29, 0.717) is 44.5 Å². The molecule has 2 heterocycles. The van der Waals surface area contributed by atoms with Gasteiger partial charge in [0.15, 0.2) is 11.5 Å². The highest BCUT2D eigenvalue weighted by molar-refractivity contribution is 7.89. The lowest BCUT2D eigenvalue weighted by atomic mass is 10.1. The average molecular weight is 481 g/mol. The van der Waals surface area contributed by atoms with Gasteiger partial charge in [-0.15, -0.1) is 0 Å². The van der Waals surface area contributed by atoms with Crippen molar-refractivity contribution < 1.29 is 27.4 Å². The SMILES string of the molecule is CCN(Cc1cccc2c1OCCO2)C(=O)c1cc(S(=O)(=O)N2CCOCC2)ccc1Cl. The van der Waals surface area contributed by atoms with Crippen LogP contribution in [-0.4, -0.2) is 69.6 Å². The second kappa shape index (κ2) is 9.66. The lowest BCUT2D eigenvalue weighted by molar-refractivity contribution is 0.0729. The molecule has 0 N–H and O–H groups in total. The van der Waals surface area contributed by atoms with Crippen molar-refractivity contribution in [2.45, 2.75) is 18.4 Å². The molecule has 2 aliphatic heterocycles. The smallest absolute Gasteiger partial charge is 0.255 e. The lowest BCUT2D eigenvalue weighted by Gasteiger charge is -2.27. The first-order valence-electron chi connectivity index (χ1n) is 10.5. The molecule has 2 aromatic carbocycles. The van der Waals surface area contributed by atoms with Gasteiger partial charge < -0.3 is 19.1 Å². The van der Waals surface area contributed by atoms with E-state index in [2.05, 4.69) is 0 Å². The van der Waals surface area contributed by atoms with Crippen molar-refractivity contribution in [3.8, 4) is 11.5 Å². The zero-order valence-electron chi connectivity index (χ0n) is 17.8. The third-order valence-corrected chi connectivity index (χ3v) is 7.68. The third-order valence-electron chi connectivity index (χ3n) is 5.45. The van der Waals surface area contributed by atoms with Crippen molar-refractivity contribution in [2.75, 3.05) is 46.1 Å². The van der Waals surface area contributed by atoms with Crippen LogP contribution >= 0.6 is 11.6 Å². The van der Waals surface area contributed by atoms with Crippen LogP contribution in [0.3, 0.4) is 0 Å². The van der Waals surface area contributed by atoms with Gasteiger partial charge >= 0.3 is 0 Å². The fraction of sp³-hybridized carbons (Fsp3) is 0.409. The maximum Gasteiger partial charge on any atom is 0.255 e. The summed E-state index contributed by atoms with van der Waals surface area (Å²) >= 11 is 6.33. The summed E-state index contributed by atoms with van der Waals surface area (Å²) in [6.45, 7) is 4.69. The minimum absolute atomic E-state index is 0.0389. The Hall–Kier alpha value is -2.33. The van der Waals surface area contributed by atoms with Gasteiger partial charge in [0.25, 0.3) is 5.91 Å².